The van der Waals surface area contributed by atoms with Crippen molar-refractivity contribution in [2.75, 3.05) is 30.5 Å². The van der Waals surface area contributed by atoms with Gasteiger partial charge in [0.1, 0.15) is 4.90 Å². The van der Waals surface area contributed by atoms with Gasteiger partial charge in [-0.2, -0.15) is 11.8 Å². The van der Waals surface area contributed by atoms with Crippen LogP contribution in [0.1, 0.15) is 6.42 Å². The van der Waals surface area contributed by atoms with E-state index in [1.54, 1.807) is 11.8 Å². The highest BCUT2D eigenvalue weighted by atomic mass is 32.2. The van der Waals surface area contributed by atoms with Crippen molar-refractivity contribution >= 4 is 37.3 Å². The Bertz CT molecular complexity index is 669. The van der Waals surface area contributed by atoms with E-state index in [1.807, 2.05) is 6.26 Å². The molecule has 0 aliphatic heterocycles. The van der Waals surface area contributed by atoms with E-state index in [0.29, 0.717) is 6.42 Å². The molecule has 0 aliphatic rings. The summed E-state index contributed by atoms with van der Waals surface area (Å²) in [6.45, 7) is 0.283. The molecule has 0 heterocycles. The van der Waals surface area contributed by atoms with Crippen molar-refractivity contribution in [3.05, 3.63) is 18.2 Å². The van der Waals surface area contributed by atoms with Gasteiger partial charge in [-0.3, -0.25) is 0 Å². The fourth-order valence-corrected chi connectivity index (χ4v) is 3.86. The summed E-state index contributed by atoms with van der Waals surface area (Å²) in [5.74, 6) is 0.835. The molecule has 0 bridgehead atoms. The fraction of sp³-hybridized carbons (Fsp3) is 0.455. The van der Waals surface area contributed by atoms with Crippen LogP contribution < -0.4 is 10.5 Å². The van der Waals surface area contributed by atoms with Gasteiger partial charge in [0.2, 0.25) is 10.0 Å². The zero-order valence-corrected chi connectivity index (χ0v) is 13.7. The van der Waals surface area contributed by atoms with Crippen molar-refractivity contribution in [3.63, 3.8) is 0 Å². The first-order valence-electron chi connectivity index (χ1n) is 5.76. The second-order valence-corrected chi connectivity index (χ2v) is 8.95. The molecule has 0 aromatic heterocycles. The summed E-state index contributed by atoms with van der Waals surface area (Å²) >= 11 is 1.62. The molecule has 0 radical (unpaired) electrons. The molecule has 0 saturated carbocycles. The molecule has 0 amide bonds. The van der Waals surface area contributed by atoms with Crippen LogP contribution in [0, 0.1) is 0 Å². The summed E-state index contributed by atoms with van der Waals surface area (Å²) in [7, 11) is -7.29. The molecular formula is C11H18N2O4S3. The van der Waals surface area contributed by atoms with Crippen LogP contribution in [0.2, 0.25) is 0 Å². The van der Waals surface area contributed by atoms with Crippen molar-refractivity contribution in [3.8, 4) is 0 Å². The van der Waals surface area contributed by atoms with Crippen molar-refractivity contribution in [1.29, 1.82) is 0 Å². The summed E-state index contributed by atoms with van der Waals surface area (Å²) in [5.41, 5.74) is 5.65. The van der Waals surface area contributed by atoms with Gasteiger partial charge in [-0.15, -0.1) is 0 Å². The first-order valence-corrected chi connectivity index (χ1v) is 10.5. The first-order chi connectivity index (χ1) is 9.18. The van der Waals surface area contributed by atoms with Gasteiger partial charge in [0.25, 0.3) is 0 Å². The molecule has 1 aromatic carbocycles. The van der Waals surface area contributed by atoms with Gasteiger partial charge in [-0.25, -0.2) is 21.6 Å². The monoisotopic (exact) mass is 338 g/mol. The maximum absolute atomic E-state index is 12.1. The number of nitrogens with one attached hydrogen (secondary N) is 1. The molecule has 0 saturated heterocycles. The van der Waals surface area contributed by atoms with Gasteiger partial charge < -0.3 is 5.73 Å². The van der Waals surface area contributed by atoms with Gasteiger partial charge in [0, 0.05) is 12.8 Å². The second-order valence-electron chi connectivity index (χ2n) is 4.22. The third-order valence-electron chi connectivity index (χ3n) is 2.52. The number of hydrogen-bond acceptors (Lipinski definition) is 6. The third-order valence-corrected chi connectivity index (χ3v) is 5.84. The molecule has 1 rings (SSSR count). The minimum Gasteiger partial charge on any atom is -0.398 e. The highest BCUT2D eigenvalue weighted by Gasteiger charge is 2.19. The maximum Gasteiger partial charge on any atom is 0.242 e. The predicted octanol–water partition coefficient (Wildman–Crippen LogP) is 0.704. The maximum atomic E-state index is 12.1. The normalized spacial score (nSPS) is 12.5. The summed E-state index contributed by atoms with van der Waals surface area (Å²) < 4.78 is 49.5. The van der Waals surface area contributed by atoms with E-state index in [2.05, 4.69) is 4.72 Å². The Hall–Kier alpha value is -0.770. The summed E-state index contributed by atoms with van der Waals surface area (Å²) in [4.78, 5) is -0.277. The Balaban J connectivity index is 3.05. The van der Waals surface area contributed by atoms with Crippen LogP contribution in [-0.2, 0) is 19.9 Å². The SMILES string of the molecule is CSCCCNS(=O)(=O)c1cc(S(C)(=O)=O)ccc1N. The average molecular weight is 338 g/mol. The lowest BCUT2D eigenvalue weighted by atomic mass is 10.3. The van der Waals surface area contributed by atoms with Crippen LogP contribution >= 0.6 is 11.8 Å². The second kappa shape index (κ2) is 6.79. The molecule has 6 nitrogen and oxygen atoms in total. The van der Waals surface area contributed by atoms with Gasteiger partial charge in [0.05, 0.1) is 10.6 Å². The number of anilines is 1. The van der Waals surface area contributed by atoms with Crippen LogP contribution in [0.15, 0.2) is 28.0 Å². The predicted molar refractivity (Wildman–Crippen MR) is 82.2 cm³/mol. The summed E-state index contributed by atoms with van der Waals surface area (Å²) in [6, 6.07) is 3.66. The Kier molecular flexibility index (Phi) is 5.87. The molecule has 1 aromatic rings. The Morgan fingerprint density at radius 2 is 1.90 bits per heavy atom. The molecule has 0 atom stereocenters. The molecule has 20 heavy (non-hydrogen) atoms. The summed E-state index contributed by atoms with van der Waals surface area (Å²) in [6.07, 6.45) is 3.63. The number of sulfone groups is 1. The molecule has 0 spiro atoms. The van der Waals surface area contributed by atoms with Gasteiger partial charge in [-0.05, 0) is 36.6 Å². The van der Waals surface area contributed by atoms with Crippen LogP contribution in [0.3, 0.4) is 0 Å². The van der Waals surface area contributed by atoms with E-state index in [-0.39, 0.29) is 22.0 Å². The van der Waals surface area contributed by atoms with E-state index >= 15 is 0 Å². The third kappa shape index (κ3) is 4.65. The number of nitrogen functional groups attached to an aromatic ring is 1. The van der Waals surface area contributed by atoms with E-state index < -0.39 is 19.9 Å². The zero-order valence-electron chi connectivity index (χ0n) is 11.3. The Morgan fingerprint density at radius 3 is 2.45 bits per heavy atom. The number of thioether (sulfide) groups is 1. The lowest BCUT2D eigenvalue weighted by Gasteiger charge is -2.10. The quantitative estimate of drug-likeness (QED) is 0.560. The van der Waals surface area contributed by atoms with Gasteiger partial charge in [-0.1, -0.05) is 0 Å². The van der Waals surface area contributed by atoms with Crippen molar-refractivity contribution < 1.29 is 16.8 Å². The Labute approximate surface area is 124 Å². The van der Waals surface area contributed by atoms with Crippen LogP contribution in [0.5, 0.6) is 0 Å². The van der Waals surface area contributed by atoms with Crippen LogP contribution in [0.25, 0.3) is 0 Å². The smallest absolute Gasteiger partial charge is 0.242 e. The molecule has 114 valence electrons. The zero-order chi connectivity index (χ0) is 15.4. The molecule has 3 N–H and O–H groups in total. The average Bonchev–Trinajstić information content (AvgIpc) is 2.33. The topological polar surface area (TPSA) is 106 Å². The molecular weight excluding hydrogens is 320 g/mol. The van der Waals surface area contributed by atoms with Gasteiger partial charge in [0.15, 0.2) is 9.84 Å². The van der Waals surface area contributed by atoms with E-state index in [0.717, 1.165) is 18.1 Å². The Morgan fingerprint density at radius 1 is 1.25 bits per heavy atom. The molecule has 9 heteroatoms. The largest absolute Gasteiger partial charge is 0.398 e. The lowest BCUT2D eigenvalue weighted by molar-refractivity contribution is 0.581. The number of hydrogen-bond donors (Lipinski definition) is 2. The van der Waals surface area contributed by atoms with E-state index in [4.69, 9.17) is 5.73 Å². The highest BCUT2D eigenvalue weighted by Crippen LogP contribution is 2.22. The fourth-order valence-electron chi connectivity index (χ4n) is 1.48. The van der Waals surface area contributed by atoms with E-state index in [1.165, 1.54) is 12.1 Å². The van der Waals surface area contributed by atoms with Crippen molar-refractivity contribution in [2.45, 2.75) is 16.2 Å². The molecule has 0 aliphatic carbocycles. The van der Waals surface area contributed by atoms with Gasteiger partial charge >= 0.3 is 0 Å². The minimum atomic E-state index is -3.80. The van der Waals surface area contributed by atoms with E-state index in [9.17, 15) is 16.8 Å². The first kappa shape index (κ1) is 17.3. The summed E-state index contributed by atoms with van der Waals surface area (Å²) in [5, 5.41) is 0. The van der Waals surface area contributed by atoms with Crippen LogP contribution in [0.4, 0.5) is 5.69 Å². The van der Waals surface area contributed by atoms with Crippen molar-refractivity contribution in [1.82, 2.24) is 4.72 Å². The number of sulfonamides is 1. The number of rotatable bonds is 7. The number of benzene rings is 1. The highest BCUT2D eigenvalue weighted by molar-refractivity contribution is 7.98. The standard InChI is InChI=1S/C11H18N2O4S3/c1-18-7-3-6-13-20(16,17)11-8-9(19(2,14)15)4-5-10(11)12/h4-5,8,13H,3,6-7,12H2,1-2H3. The molecule has 0 fully saturated rings. The number of nitrogens with two attached hydrogens (primary N) is 1. The molecule has 0 unspecified atom stereocenters. The van der Waals surface area contributed by atoms with Crippen LogP contribution in [-0.4, -0.2) is 41.6 Å². The minimum absolute atomic E-state index is 0.0229. The van der Waals surface area contributed by atoms with Crippen molar-refractivity contribution in [2.24, 2.45) is 0 Å². The lowest BCUT2D eigenvalue weighted by Crippen LogP contribution is -2.26.